The second-order valence-electron chi connectivity index (χ2n) is 6.85. The van der Waals surface area contributed by atoms with E-state index in [0.717, 1.165) is 29.9 Å². The third-order valence-electron chi connectivity index (χ3n) is 4.82. The molecule has 3 rings (SSSR count). The molecule has 1 aromatic heterocycles. The van der Waals surface area contributed by atoms with E-state index in [1.54, 1.807) is 0 Å². The van der Waals surface area contributed by atoms with E-state index in [2.05, 4.69) is 11.4 Å². The highest BCUT2D eigenvalue weighted by Crippen LogP contribution is 2.23. The summed E-state index contributed by atoms with van der Waals surface area (Å²) in [6.07, 6.45) is 5.01. The summed E-state index contributed by atoms with van der Waals surface area (Å²) in [6, 6.07) is 9.53. The first kappa shape index (κ1) is 17.5. The fraction of sp³-hybridized carbons (Fsp3) is 0.429. The van der Waals surface area contributed by atoms with Crippen LogP contribution < -0.4 is 5.32 Å². The summed E-state index contributed by atoms with van der Waals surface area (Å²) in [6.45, 7) is 3.75. The van der Waals surface area contributed by atoms with Crippen LogP contribution in [0.1, 0.15) is 71.7 Å². The maximum atomic E-state index is 12.4. The average molecular weight is 339 g/mol. The minimum Gasteiger partial charge on any atom is -0.464 e. The molecule has 25 heavy (non-hydrogen) atoms. The molecule has 1 N–H and O–H groups in total. The molecule has 1 amide bonds. The molecule has 1 atom stereocenters. The van der Waals surface area contributed by atoms with Crippen molar-refractivity contribution in [1.82, 2.24) is 5.32 Å². The molecule has 4 heteroatoms. The lowest BCUT2D eigenvalue weighted by molar-refractivity contribution is -0.121. The van der Waals surface area contributed by atoms with Crippen LogP contribution in [-0.2, 0) is 17.6 Å². The maximum Gasteiger partial charge on any atom is 0.221 e. The molecule has 0 saturated heterocycles. The van der Waals surface area contributed by atoms with Crippen LogP contribution in [0.4, 0.5) is 0 Å². The predicted octanol–water partition coefficient (Wildman–Crippen LogP) is 4.31. The molecule has 4 nitrogen and oxygen atoms in total. The van der Waals surface area contributed by atoms with E-state index in [1.807, 2.05) is 38.1 Å². The summed E-state index contributed by atoms with van der Waals surface area (Å²) in [7, 11) is 0. The van der Waals surface area contributed by atoms with Crippen LogP contribution in [-0.4, -0.2) is 11.7 Å². The number of fused-ring (bicyclic) bond motifs is 1. The molecular formula is C21H25NO3. The number of ketones is 1. The zero-order valence-corrected chi connectivity index (χ0v) is 14.9. The summed E-state index contributed by atoms with van der Waals surface area (Å²) < 4.78 is 5.51. The molecule has 0 bridgehead atoms. The first-order valence-electron chi connectivity index (χ1n) is 9.03. The van der Waals surface area contributed by atoms with Crippen molar-refractivity contribution in [2.75, 3.05) is 0 Å². The minimum atomic E-state index is -0.194. The van der Waals surface area contributed by atoms with E-state index in [0.29, 0.717) is 0 Å². The summed E-state index contributed by atoms with van der Waals surface area (Å²) in [5.74, 6) is 1.45. The molecule has 1 unspecified atom stereocenters. The Balaban J connectivity index is 1.52. The number of furan rings is 1. The van der Waals surface area contributed by atoms with Gasteiger partial charge in [-0.3, -0.25) is 9.59 Å². The van der Waals surface area contributed by atoms with Crippen LogP contribution in [0.2, 0.25) is 0 Å². The lowest BCUT2D eigenvalue weighted by Crippen LogP contribution is -2.26. The van der Waals surface area contributed by atoms with Crippen molar-refractivity contribution in [2.24, 2.45) is 0 Å². The Morgan fingerprint density at radius 3 is 2.56 bits per heavy atom. The average Bonchev–Trinajstić information content (AvgIpc) is 3.06. The number of hydrogen-bond acceptors (Lipinski definition) is 3. The highest BCUT2D eigenvalue weighted by Gasteiger charge is 2.16. The molecule has 2 aromatic rings. The molecule has 0 radical (unpaired) electrons. The van der Waals surface area contributed by atoms with Gasteiger partial charge in [-0.25, -0.2) is 0 Å². The topological polar surface area (TPSA) is 59.3 Å². The van der Waals surface area contributed by atoms with Crippen molar-refractivity contribution in [3.05, 3.63) is 58.5 Å². The fourth-order valence-corrected chi connectivity index (χ4v) is 3.35. The Bertz CT molecular complexity index is 775. The van der Waals surface area contributed by atoms with Crippen LogP contribution >= 0.6 is 0 Å². The van der Waals surface area contributed by atoms with Gasteiger partial charge in [0.15, 0.2) is 5.78 Å². The third kappa shape index (κ3) is 4.38. The Labute approximate surface area is 148 Å². The monoisotopic (exact) mass is 339 g/mol. The number of carbonyl (C=O) groups is 2. The Kier molecular flexibility index (Phi) is 5.37. The van der Waals surface area contributed by atoms with Gasteiger partial charge in [0.1, 0.15) is 11.5 Å². The van der Waals surface area contributed by atoms with E-state index >= 15 is 0 Å². The zero-order valence-electron chi connectivity index (χ0n) is 14.9. The van der Waals surface area contributed by atoms with Crippen LogP contribution in [0.25, 0.3) is 0 Å². The van der Waals surface area contributed by atoms with Crippen molar-refractivity contribution in [3.63, 3.8) is 0 Å². The van der Waals surface area contributed by atoms with Gasteiger partial charge >= 0.3 is 0 Å². The highest BCUT2D eigenvalue weighted by atomic mass is 16.3. The van der Waals surface area contributed by atoms with Gasteiger partial charge in [-0.05, 0) is 68.9 Å². The molecule has 1 aliphatic rings. The maximum absolute atomic E-state index is 12.4. The van der Waals surface area contributed by atoms with Gasteiger partial charge in [-0.15, -0.1) is 0 Å². The number of benzene rings is 1. The van der Waals surface area contributed by atoms with Crippen molar-refractivity contribution >= 4 is 11.7 Å². The summed E-state index contributed by atoms with van der Waals surface area (Å²) in [4.78, 5) is 24.5. The SMILES string of the molecule is Cc1ccc(C(C)NC(=O)CCC(=O)c2ccc3c(c2)CCCC3)o1. The summed E-state index contributed by atoms with van der Waals surface area (Å²) >= 11 is 0. The van der Waals surface area contributed by atoms with Crippen molar-refractivity contribution in [3.8, 4) is 0 Å². The second-order valence-corrected chi connectivity index (χ2v) is 6.85. The van der Waals surface area contributed by atoms with Gasteiger partial charge in [0, 0.05) is 18.4 Å². The fourth-order valence-electron chi connectivity index (χ4n) is 3.35. The number of rotatable bonds is 6. The predicted molar refractivity (Wildman–Crippen MR) is 96.7 cm³/mol. The van der Waals surface area contributed by atoms with Crippen LogP contribution in [0, 0.1) is 6.92 Å². The Morgan fingerprint density at radius 2 is 1.84 bits per heavy atom. The van der Waals surface area contributed by atoms with Crippen molar-refractivity contribution in [1.29, 1.82) is 0 Å². The molecule has 0 saturated carbocycles. The van der Waals surface area contributed by atoms with Gasteiger partial charge in [-0.2, -0.15) is 0 Å². The number of amides is 1. The molecule has 132 valence electrons. The standard InChI is InChI=1S/C21H25NO3/c1-14-7-11-20(25-14)15(2)22-21(24)12-10-19(23)18-9-8-16-5-3-4-6-17(16)13-18/h7-9,11,13,15H,3-6,10,12H2,1-2H3,(H,22,24). The smallest absolute Gasteiger partial charge is 0.221 e. The van der Waals surface area contributed by atoms with Gasteiger partial charge in [0.05, 0.1) is 6.04 Å². The quantitative estimate of drug-likeness (QED) is 0.798. The molecule has 0 fully saturated rings. The molecule has 0 aliphatic heterocycles. The normalized spacial score (nSPS) is 14.6. The second kappa shape index (κ2) is 7.68. The minimum absolute atomic E-state index is 0.0324. The first-order valence-corrected chi connectivity index (χ1v) is 9.03. The number of hydrogen-bond donors (Lipinski definition) is 1. The number of carbonyl (C=O) groups excluding carboxylic acids is 2. The summed E-state index contributed by atoms with van der Waals surface area (Å²) in [5.41, 5.74) is 3.38. The van der Waals surface area contributed by atoms with E-state index < -0.39 is 0 Å². The van der Waals surface area contributed by atoms with Crippen LogP contribution in [0.3, 0.4) is 0 Å². The van der Waals surface area contributed by atoms with Gasteiger partial charge in [0.2, 0.25) is 5.91 Å². The molecule has 1 aliphatic carbocycles. The van der Waals surface area contributed by atoms with Crippen LogP contribution in [0.5, 0.6) is 0 Å². The highest BCUT2D eigenvalue weighted by molar-refractivity contribution is 5.98. The van der Waals surface area contributed by atoms with Gasteiger partial charge in [-0.1, -0.05) is 12.1 Å². The van der Waals surface area contributed by atoms with Gasteiger partial charge in [0.25, 0.3) is 0 Å². The third-order valence-corrected chi connectivity index (χ3v) is 4.82. The summed E-state index contributed by atoms with van der Waals surface area (Å²) in [5, 5.41) is 2.88. The molecule has 1 heterocycles. The van der Waals surface area contributed by atoms with E-state index in [1.165, 1.54) is 24.0 Å². The molecular weight excluding hydrogens is 314 g/mol. The number of aryl methyl sites for hydroxylation is 3. The first-order chi connectivity index (χ1) is 12.0. The lowest BCUT2D eigenvalue weighted by Gasteiger charge is -2.16. The van der Waals surface area contributed by atoms with E-state index in [-0.39, 0.29) is 30.6 Å². The van der Waals surface area contributed by atoms with Crippen LogP contribution in [0.15, 0.2) is 34.7 Å². The van der Waals surface area contributed by atoms with E-state index in [9.17, 15) is 9.59 Å². The molecule has 1 aromatic carbocycles. The number of nitrogens with one attached hydrogen (secondary N) is 1. The van der Waals surface area contributed by atoms with Gasteiger partial charge < -0.3 is 9.73 Å². The van der Waals surface area contributed by atoms with Crippen molar-refractivity contribution < 1.29 is 14.0 Å². The Morgan fingerprint density at radius 1 is 1.08 bits per heavy atom. The van der Waals surface area contributed by atoms with Crippen molar-refractivity contribution in [2.45, 2.75) is 58.4 Å². The number of Topliss-reactive ketones (excluding diaryl/α,β-unsaturated/α-hetero) is 1. The zero-order chi connectivity index (χ0) is 17.8. The largest absolute Gasteiger partial charge is 0.464 e. The Hall–Kier alpha value is -2.36. The lowest BCUT2D eigenvalue weighted by atomic mass is 9.89. The van der Waals surface area contributed by atoms with E-state index in [4.69, 9.17) is 4.42 Å². The molecule has 0 spiro atoms.